The summed E-state index contributed by atoms with van der Waals surface area (Å²) in [6.45, 7) is 4.71. The van der Waals surface area contributed by atoms with E-state index >= 15 is 0 Å². The molecular weight excluding hydrogens is 400 g/mol. The number of anilines is 1. The fourth-order valence-electron chi connectivity index (χ4n) is 4.55. The first kappa shape index (κ1) is 21.2. The van der Waals surface area contributed by atoms with Gasteiger partial charge < -0.3 is 19.5 Å². The summed E-state index contributed by atoms with van der Waals surface area (Å²) in [6, 6.07) is 6.20. The number of hydrogen-bond acceptors (Lipinski definition) is 6. The molecule has 30 heavy (non-hydrogen) atoms. The minimum absolute atomic E-state index is 0.0251. The van der Waals surface area contributed by atoms with Gasteiger partial charge in [0.2, 0.25) is 5.91 Å². The molecule has 1 aromatic heterocycles. The number of rotatable bonds is 6. The zero-order valence-corrected chi connectivity index (χ0v) is 18.8. The SMILES string of the molecule is COc1ccc([C@H](c2c(NC(C)=O)sc3c2CCCC3)N2CCOCC2)cc1OC. The third-order valence-corrected chi connectivity index (χ3v) is 7.13. The van der Waals surface area contributed by atoms with Gasteiger partial charge in [-0.1, -0.05) is 6.07 Å². The lowest BCUT2D eigenvalue weighted by atomic mass is 9.88. The van der Waals surface area contributed by atoms with Crippen molar-refractivity contribution in [3.63, 3.8) is 0 Å². The molecule has 2 heterocycles. The van der Waals surface area contributed by atoms with Crippen molar-refractivity contribution in [2.75, 3.05) is 45.8 Å². The first-order valence-electron chi connectivity index (χ1n) is 10.6. The Kier molecular flexibility index (Phi) is 6.61. The molecule has 6 nitrogen and oxygen atoms in total. The summed E-state index contributed by atoms with van der Waals surface area (Å²) in [7, 11) is 3.32. The van der Waals surface area contributed by atoms with Gasteiger partial charge in [-0.25, -0.2) is 0 Å². The molecule has 0 bridgehead atoms. The van der Waals surface area contributed by atoms with Gasteiger partial charge >= 0.3 is 0 Å². The van der Waals surface area contributed by atoms with Crippen molar-refractivity contribution in [2.24, 2.45) is 0 Å². The van der Waals surface area contributed by atoms with Crippen LogP contribution < -0.4 is 14.8 Å². The molecule has 0 radical (unpaired) electrons. The molecule has 7 heteroatoms. The molecule has 0 unspecified atom stereocenters. The summed E-state index contributed by atoms with van der Waals surface area (Å²) in [5, 5.41) is 4.12. The van der Waals surface area contributed by atoms with Crippen molar-refractivity contribution in [1.29, 1.82) is 0 Å². The van der Waals surface area contributed by atoms with Crippen LogP contribution in [0.5, 0.6) is 11.5 Å². The van der Waals surface area contributed by atoms with Crippen molar-refractivity contribution in [2.45, 2.75) is 38.6 Å². The lowest BCUT2D eigenvalue weighted by Gasteiger charge is -2.36. The van der Waals surface area contributed by atoms with Gasteiger partial charge in [-0.3, -0.25) is 9.69 Å². The van der Waals surface area contributed by atoms with Crippen molar-refractivity contribution < 1.29 is 19.0 Å². The van der Waals surface area contributed by atoms with Crippen LogP contribution in [0.2, 0.25) is 0 Å². The molecule has 1 N–H and O–H groups in total. The number of methoxy groups -OCH3 is 2. The number of nitrogens with zero attached hydrogens (tertiary/aromatic N) is 1. The van der Waals surface area contributed by atoms with E-state index in [-0.39, 0.29) is 11.9 Å². The zero-order valence-electron chi connectivity index (χ0n) is 18.0. The molecule has 0 saturated carbocycles. The highest BCUT2D eigenvalue weighted by molar-refractivity contribution is 7.16. The smallest absolute Gasteiger partial charge is 0.221 e. The average molecular weight is 431 g/mol. The second-order valence-electron chi connectivity index (χ2n) is 7.80. The standard InChI is InChI=1S/C23H30N2O4S/c1-15(26)24-23-21(17-6-4-5-7-20(17)30-23)22(25-10-12-29-13-11-25)16-8-9-18(27-2)19(14-16)28-3/h8-9,14,22H,4-7,10-13H2,1-3H3,(H,24,26)/t22-/m1/s1. The molecule has 1 saturated heterocycles. The maximum absolute atomic E-state index is 12.0. The highest BCUT2D eigenvalue weighted by Gasteiger charge is 2.33. The molecule has 1 fully saturated rings. The van der Waals surface area contributed by atoms with Crippen LogP contribution in [0.4, 0.5) is 5.00 Å². The summed E-state index contributed by atoms with van der Waals surface area (Å²) < 4.78 is 16.7. The normalized spacial score (nSPS) is 17.8. The van der Waals surface area contributed by atoms with Crippen LogP contribution in [0.15, 0.2) is 18.2 Å². The van der Waals surface area contributed by atoms with Crippen molar-refractivity contribution >= 4 is 22.2 Å². The molecule has 1 atom stereocenters. The second kappa shape index (κ2) is 9.37. The Labute approximate surface area is 182 Å². The van der Waals surface area contributed by atoms with Crippen LogP contribution in [0, 0.1) is 0 Å². The predicted octanol–water partition coefficient (Wildman–Crippen LogP) is 4.02. The topological polar surface area (TPSA) is 60.0 Å². The first-order chi connectivity index (χ1) is 14.6. The largest absolute Gasteiger partial charge is 0.493 e. The zero-order chi connectivity index (χ0) is 21.1. The Morgan fingerprint density at radius 2 is 1.87 bits per heavy atom. The van der Waals surface area contributed by atoms with Gasteiger partial charge in [0.05, 0.1) is 33.5 Å². The minimum Gasteiger partial charge on any atom is -0.493 e. The molecule has 2 aromatic rings. The van der Waals surface area contributed by atoms with Crippen LogP contribution in [-0.2, 0) is 22.4 Å². The number of amides is 1. The molecule has 1 aliphatic heterocycles. The van der Waals surface area contributed by atoms with E-state index in [9.17, 15) is 4.79 Å². The third-order valence-electron chi connectivity index (χ3n) is 5.91. The number of fused-ring (bicyclic) bond motifs is 1. The summed E-state index contributed by atoms with van der Waals surface area (Å²) >= 11 is 1.75. The van der Waals surface area contributed by atoms with Gasteiger partial charge in [-0.15, -0.1) is 11.3 Å². The fourth-order valence-corrected chi connectivity index (χ4v) is 5.92. The number of thiophene rings is 1. The Morgan fingerprint density at radius 3 is 2.57 bits per heavy atom. The van der Waals surface area contributed by atoms with E-state index in [1.807, 2.05) is 6.07 Å². The van der Waals surface area contributed by atoms with Gasteiger partial charge in [0.15, 0.2) is 11.5 Å². The van der Waals surface area contributed by atoms with E-state index in [0.717, 1.165) is 48.0 Å². The van der Waals surface area contributed by atoms with E-state index in [0.29, 0.717) is 13.2 Å². The molecule has 1 amide bonds. The molecule has 162 valence electrons. The predicted molar refractivity (Wildman–Crippen MR) is 119 cm³/mol. The summed E-state index contributed by atoms with van der Waals surface area (Å²) in [6.07, 6.45) is 4.56. The first-order valence-corrected chi connectivity index (χ1v) is 11.4. The number of aryl methyl sites for hydroxylation is 1. The summed E-state index contributed by atoms with van der Waals surface area (Å²) in [5.74, 6) is 1.41. The van der Waals surface area contributed by atoms with E-state index < -0.39 is 0 Å². The fraction of sp³-hybridized carbons (Fsp3) is 0.522. The van der Waals surface area contributed by atoms with Gasteiger partial charge in [-0.05, 0) is 48.9 Å². The monoisotopic (exact) mass is 430 g/mol. The lowest BCUT2D eigenvalue weighted by molar-refractivity contribution is -0.114. The van der Waals surface area contributed by atoms with Crippen LogP contribution in [0.1, 0.15) is 47.4 Å². The average Bonchev–Trinajstić information content (AvgIpc) is 3.11. The molecule has 2 aliphatic rings. The lowest BCUT2D eigenvalue weighted by Crippen LogP contribution is -2.40. The number of nitrogens with one attached hydrogen (secondary N) is 1. The Bertz CT molecular complexity index is 905. The quantitative estimate of drug-likeness (QED) is 0.750. The number of morpholine rings is 1. The van der Waals surface area contributed by atoms with Crippen molar-refractivity contribution in [3.05, 3.63) is 39.8 Å². The van der Waals surface area contributed by atoms with E-state index in [2.05, 4.69) is 22.3 Å². The number of hydrogen-bond donors (Lipinski definition) is 1. The van der Waals surface area contributed by atoms with Crippen LogP contribution in [-0.4, -0.2) is 51.3 Å². The highest BCUT2D eigenvalue weighted by Crippen LogP contribution is 2.46. The Balaban J connectivity index is 1.87. The maximum atomic E-state index is 12.0. The Morgan fingerprint density at radius 1 is 1.13 bits per heavy atom. The van der Waals surface area contributed by atoms with Crippen molar-refractivity contribution in [3.8, 4) is 11.5 Å². The summed E-state index contributed by atoms with van der Waals surface area (Å²) in [4.78, 5) is 15.9. The Hall–Kier alpha value is -2.09. The molecule has 1 aromatic carbocycles. The maximum Gasteiger partial charge on any atom is 0.221 e. The highest BCUT2D eigenvalue weighted by atomic mass is 32.1. The summed E-state index contributed by atoms with van der Waals surface area (Å²) in [5.41, 5.74) is 3.81. The third kappa shape index (κ3) is 4.19. The molecule has 1 aliphatic carbocycles. The van der Waals surface area contributed by atoms with Gasteiger partial charge in [-0.2, -0.15) is 0 Å². The number of benzene rings is 1. The van der Waals surface area contributed by atoms with Crippen LogP contribution in [0.25, 0.3) is 0 Å². The number of carbonyl (C=O) groups is 1. The minimum atomic E-state index is -0.0251. The molecule has 0 spiro atoms. The van der Waals surface area contributed by atoms with Crippen LogP contribution >= 0.6 is 11.3 Å². The second-order valence-corrected chi connectivity index (χ2v) is 8.91. The molecule has 4 rings (SSSR count). The van der Waals surface area contributed by atoms with E-state index in [1.54, 1.807) is 32.5 Å². The van der Waals surface area contributed by atoms with Crippen LogP contribution in [0.3, 0.4) is 0 Å². The number of ether oxygens (including phenoxy) is 3. The molecular formula is C23H30N2O4S. The van der Waals surface area contributed by atoms with E-state index in [4.69, 9.17) is 14.2 Å². The number of carbonyl (C=O) groups excluding carboxylic acids is 1. The van der Waals surface area contributed by atoms with Gasteiger partial charge in [0.1, 0.15) is 5.00 Å². The van der Waals surface area contributed by atoms with Gasteiger partial charge in [0.25, 0.3) is 0 Å². The van der Waals surface area contributed by atoms with E-state index in [1.165, 1.54) is 28.8 Å². The van der Waals surface area contributed by atoms with Crippen molar-refractivity contribution in [1.82, 2.24) is 4.90 Å². The van der Waals surface area contributed by atoms with Gasteiger partial charge in [0, 0.05) is 30.5 Å².